The molecule has 0 atom stereocenters. The number of nitrogens with zero attached hydrogens (tertiary/aromatic N) is 2. The van der Waals surface area contributed by atoms with Crippen molar-refractivity contribution in [2.45, 2.75) is 44.4 Å². The summed E-state index contributed by atoms with van der Waals surface area (Å²) in [5.74, 6) is 0. The van der Waals surface area contributed by atoms with Gasteiger partial charge in [0.25, 0.3) is 0 Å². The van der Waals surface area contributed by atoms with Crippen molar-refractivity contribution in [2.24, 2.45) is 5.73 Å². The molecule has 1 aromatic heterocycles. The van der Waals surface area contributed by atoms with Crippen molar-refractivity contribution < 1.29 is 0 Å². The van der Waals surface area contributed by atoms with Gasteiger partial charge >= 0.3 is 0 Å². The van der Waals surface area contributed by atoms with Crippen molar-refractivity contribution in [3.8, 4) is 0 Å². The number of hydrogen-bond donors (Lipinski definition) is 1. The van der Waals surface area contributed by atoms with Crippen LogP contribution in [-0.2, 0) is 5.41 Å². The number of aromatic nitrogens is 2. The number of rotatable bonds is 2. The Balaban J connectivity index is 2.26. The van der Waals surface area contributed by atoms with Gasteiger partial charge in [0.1, 0.15) is 10.0 Å². The summed E-state index contributed by atoms with van der Waals surface area (Å²) in [6, 6.07) is 0. The third-order valence-electron chi connectivity index (χ3n) is 3.18. The monoisotopic (exact) mass is 211 g/mol. The van der Waals surface area contributed by atoms with Crippen LogP contribution in [0.4, 0.5) is 0 Å². The first-order valence-corrected chi connectivity index (χ1v) is 6.09. The van der Waals surface area contributed by atoms with Crippen LogP contribution in [0.2, 0.25) is 0 Å². The molecule has 1 aliphatic rings. The van der Waals surface area contributed by atoms with Crippen molar-refractivity contribution in [2.75, 3.05) is 6.54 Å². The molecule has 0 aliphatic heterocycles. The van der Waals surface area contributed by atoms with Crippen LogP contribution < -0.4 is 5.73 Å². The highest BCUT2D eigenvalue weighted by Crippen LogP contribution is 2.39. The molecule has 0 radical (unpaired) electrons. The highest BCUT2D eigenvalue weighted by Gasteiger charge is 2.35. The Morgan fingerprint density at radius 3 is 2.50 bits per heavy atom. The Morgan fingerprint density at radius 1 is 1.29 bits per heavy atom. The highest BCUT2D eigenvalue weighted by molar-refractivity contribution is 7.11. The van der Waals surface area contributed by atoms with Crippen molar-refractivity contribution in [1.82, 2.24) is 10.2 Å². The lowest BCUT2D eigenvalue weighted by Gasteiger charge is -2.33. The van der Waals surface area contributed by atoms with Crippen LogP contribution in [-0.4, -0.2) is 16.7 Å². The summed E-state index contributed by atoms with van der Waals surface area (Å²) in [6.07, 6.45) is 6.31. The summed E-state index contributed by atoms with van der Waals surface area (Å²) >= 11 is 1.72. The second-order valence-electron chi connectivity index (χ2n) is 4.17. The first-order valence-electron chi connectivity index (χ1n) is 5.27. The van der Waals surface area contributed by atoms with Gasteiger partial charge in [0.2, 0.25) is 0 Å². The molecule has 1 saturated carbocycles. The van der Waals surface area contributed by atoms with E-state index < -0.39 is 0 Å². The second-order valence-corrected chi connectivity index (χ2v) is 5.35. The molecule has 0 unspecified atom stereocenters. The van der Waals surface area contributed by atoms with E-state index in [9.17, 15) is 0 Å². The van der Waals surface area contributed by atoms with E-state index in [0.717, 1.165) is 16.6 Å². The van der Waals surface area contributed by atoms with Crippen LogP contribution in [0.3, 0.4) is 0 Å². The molecule has 4 heteroatoms. The van der Waals surface area contributed by atoms with Gasteiger partial charge in [-0.2, -0.15) is 0 Å². The van der Waals surface area contributed by atoms with Gasteiger partial charge < -0.3 is 5.73 Å². The SMILES string of the molecule is Cc1nnc(C2(CN)CCCCC2)s1. The summed E-state index contributed by atoms with van der Waals surface area (Å²) in [7, 11) is 0. The molecule has 3 nitrogen and oxygen atoms in total. The molecule has 78 valence electrons. The Hall–Kier alpha value is -0.480. The van der Waals surface area contributed by atoms with Crippen molar-refractivity contribution in [3.05, 3.63) is 10.0 Å². The van der Waals surface area contributed by atoms with E-state index >= 15 is 0 Å². The van der Waals surface area contributed by atoms with Crippen LogP contribution in [0.1, 0.15) is 42.1 Å². The van der Waals surface area contributed by atoms with E-state index in [2.05, 4.69) is 10.2 Å². The minimum Gasteiger partial charge on any atom is -0.329 e. The predicted octanol–water partition coefficient (Wildman–Crippen LogP) is 2.01. The summed E-state index contributed by atoms with van der Waals surface area (Å²) in [4.78, 5) is 0. The number of aryl methyl sites for hydroxylation is 1. The Morgan fingerprint density at radius 2 is 2.00 bits per heavy atom. The second kappa shape index (κ2) is 3.95. The van der Waals surface area contributed by atoms with Gasteiger partial charge in [-0.1, -0.05) is 19.3 Å². The van der Waals surface area contributed by atoms with Crippen molar-refractivity contribution >= 4 is 11.3 Å². The molecule has 0 bridgehead atoms. The Bertz CT molecular complexity index is 302. The molecule has 0 aromatic carbocycles. The average Bonchev–Trinajstić information content (AvgIpc) is 2.66. The molecular weight excluding hydrogens is 194 g/mol. The summed E-state index contributed by atoms with van der Waals surface area (Å²) in [5.41, 5.74) is 6.08. The lowest BCUT2D eigenvalue weighted by Crippen LogP contribution is -2.37. The molecule has 2 rings (SSSR count). The zero-order chi connectivity index (χ0) is 10.0. The van der Waals surface area contributed by atoms with E-state index in [1.807, 2.05) is 6.92 Å². The van der Waals surface area contributed by atoms with Crippen LogP contribution in [0.5, 0.6) is 0 Å². The summed E-state index contributed by atoms with van der Waals surface area (Å²) in [6.45, 7) is 2.73. The van der Waals surface area contributed by atoms with Gasteiger partial charge in [-0.3, -0.25) is 0 Å². The maximum absolute atomic E-state index is 5.92. The summed E-state index contributed by atoms with van der Waals surface area (Å²) < 4.78 is 0. The van der Waals surface area contributed by atoms with Crippen LogP contribution in [0.25, 0.3) is 0 Å². The first-order chi connectivity index (χ1) is 6.77. The molecule has 0 amide bonds. The van der Waals surface area contributed by atoms with Gasteiger partial charge in [-0.25, -0.2) is 0 Å². The van der Waals surface area contributed by atoms with Gasteiger partial charge in [0, 0.05) is 12.0 Å². The summed E-state index contributed by atoms with van der Waals surface area (Å²) in [5, 5.41) is 10.6. The molecule has 0 saturated heterocycles. The molecule has 1 aliphatic carbocycles. The average molecular weight is 211 g/mol. The van der Waals surface area contributed by atoms with Crippen LogP contribution >= 0.6 is 11.3 Å². The molecule has 1 aromatic rings. The third kappa shape index (κ3) is 1.68. The quantitative estimate of drug-likeness (QED) is 0.814. The third-order valence-corrected chi connectivity index (χ3v) is 4.27. The molecule has 14 heavy (non-hydrogen) atoms. The van der Waals surface area contributed by atoms with E-state index in [-0.39, 0.29) is 5.41 Å². The van der Waals surface area contributed by atoms with Crippen LogP contribution in [0, 0.1) is 6.92 Å². The van der Waals surface area contributed by atoms with Gasteiger partial charge in [-0.15, -0.1) is 21.5 Å². The fourth-order valence-corrected chi connectivity index (χ4v) is 3.19. The smallest absolute Gasteiger partial charge is 0.124 e. The minimum absolute atomic E-state index is 0.157. The van der Waals surface area contributed by atoms with Crippen molar-refractivity contribution in [3.63, 3.8) is 0 Å². The minimum atomic E-state index is 0.157. The number of hydrogen-bond acceptors (Lipinski definition) is 4. The fourth-order valence-electron chi connectivity index (χ4n) is 2.24. The van der Waals surface area contributed by atoms with Gasteiger partial charge in [-0.05, 0) is 19.8 Å². The lowest BCUT2D eigenvalue weighted by atomic mass is 9.74. The van der Waals surface area contributed by atoms with E-state index in [1.54, 1.807) is 11.3 Å². The molecule has 1 fully saturated rings. The van der Waals surface area contributed by atoms with E-state index in [4.69, 9.17) is 5.73 Å². The van der Waals surface area contributed by atoms with E-state index in [1.165, 1.54) is 32.1 Å². The van der Waals surface area contributed by atoms with Gasteiger partial charge in [0.05, 0.1) is 0 Å². The molecule has 1 heterocycles. The normalized spacial score (nSPS) is 21.0. The zero-order valence-electron chi connectivity index (χ0n) is 8.62. The standard InChI is InChI=1S/C10H17N3S/c1-8-12-13-9(14-8)10(7-11)5-3-2-4-6-10/h2-7,11H2,1H3. The topological polar surface area (TPSA) is 51.8 Å². The van der Waals surface area contributed by atoms with Crippen molar-refractivity contribution in [1.29, 1.82) is 0 Å². The molecule has 2 N–H and O–H groups in total. The molecule has 0 spiro atoms. The number of nitrogens with two attached hydrogens (primary N) is 1. The lowest BCUT2D eigenvalue weighted by molar-refractivity contribution is 0.298. The van der Waals surface area contributed by atoms with Gasteiger partial charge in [0.15, 0.2) is 0 Å². The zero-order valence-corrected chi connectivity index (χ0v) is 9.44. The molecular formula is C10H17N3S. The van der Waals surface area contributed by atoms with Crippen LogP contribution in [0.15, 0.2) is 0 Å². The maximum atomic E-state index is 5.92. The van der Waals surface area contributed by atoms with E-state index in [0.29, 0.717) is 0 Å². The Labute approximate surface area is 88.7 Å². The predicted molar refractivity (Wildman–Crippen MR) is 58.5 cm³/mol. The maximum Gasteiger partial charge on any atom is 0.124 e. The Kier molecular flexibility index (Phi) is 2.83. The fraction of sp³-hybridized carbons (Fsp3) is 0.800. The first kappa shape index (κ1) is 10.1. The largest absolute Gasteiger partial charge is 0.329 e. The highest BCUT2D eigenvalue weighted by atomic mass is 32.1.